The molecule has 1 N–H and O–H groups in total. The van der Waals surface area contributed by atoms with Gasteiger partial charge in [-0.2, -0.15) is 0 Å². The monoisotopic (exact) mass is 277 g/mol. The largest absolute Gasteiger partial charge is 0.480 e. The highest BCUT2D eigenvalue weighted by Crippen LogP contribution is 2.33. The van der Waals surface area contributed by atoms with Gasteiger partial charge < -0.3 is 9.84 Å². The Morgan fingerprint density at radius 2 is 1.90 bits per heavy atom. The Hall–Kier alpha value is -1.39. The molecule has 1 aromatic rings. The molecule has 4 nitrogen and oxygen atoms in total. The number of nitrogens with zero attached hydrogens (tertiary/aromatic N) is 1. The number of ether oxygens (including phenoxy) is 1. The van der Waals surface area contributed by atoms with Crippen molar-refractivity contribution < 1.29 is 14.6 Å². The predicted molar refractivity (Wildman–Crippen MR) is 77.9 cm³/mol. The molecule has 1 aromatic carbocycles. The molecule has 4 heteroatoms. The lowest BCUT2D eigenvalue weighted by atomic mass is 9.91. The standard InChI is InChI=1S/C16H23NO3/c1-11-5-12(2)7-14(6-11)13(3)17-9-16(4,10-17)20-8-15(18)19/h5-7,13H,8-10H2,1-4H3,(H,18,19). The number of likely N-dealkylation sites (tertiary alicyclic amines) is 1. The van der Waals surface area contributed by atoms with Gasteiger partial charge in [-0.3, -0.25) is 4.90 Å². The van der Waals surface area contributed by atoms with E-state index in [4.69, 9.17) is 9.84 Å². The molecule has 1 fully saturated rings. The molecule has 0 spiro atoms. The summed E-state index contributed by atoms with van der Waals surface area (Å²) in [4.78, 5) is 12.9. The molecule has 0 radical (unpaired) electrons. The Morgan fingerprint density at radius 1 is 1.35 bits per heavy atom. The van der Waals surface area contributed by atoms with Gasteiger partial charge in [0.25, 0.3) is 0 Å². The van der Waals surface area contributed by atoms with Crippen molar-refractivity contribution >= 4 is 5.97 Å². The molecular weight excluding hydrogens is 254 g/mol. The fraction of sp³-hybridized carbons (Fsp3) is 0.562. The van der Waals surface area contributed by atoms with Crippen molar-refractivity contribution in [2.24, 2.45) is 0 Å². The maximum absolute atomic E-state index is 10.6. The number of rotatable bonds is 5. The van der Waals surface area contributed by atoms with Crippen LogP contribution in [0.15, 0.2) is 18.2 Å². The minimum Gasteiger partial charge on any atom is -0.480 e. The van der Waals surface area contributed by atoms with Crippen LogP contribution in [-0.2, 0) is 9.53 Å². The van der Waals surface area contributed by atoms with Crippen LogP contribution < -0.4 is 0 Å². The van der Waals surface area contributed by atoms with Crippen molar-refractivity contribution in [2.75, 3.05) is 19.7 Å². The molecule has 20 heavy (non-hydrogen) atoms. The summed E-state index contributed by atoms with van der Waals surface area (Å²) in [5, 5.41) is 8.67. The quantitative estimate of drug-likeness (QED) is 0.898. The lowest BCUT2D eigenvalue weighted by Gasteiger charge is -2.50. The van der Waals surface area contributed by atoms with Gasteiger partial charge in [0.05, 0.1) is 5.60 Å². The maximum atomic E-state index is 10.6. The van der Waals surface area contributed by atoms with Gasteiger partial charge >= 0.3 is 5.97 Å². The van der Waals surface area contributed by atoms with Crippen LogP contribution in [0.1, 0.15) is 36.6 Å². The van der Waals surface area contributed by atoms with Crippen molar-refractivity contribution in [1.29, 1.82) is 0 Å². The Labute approximate surface area is 120 Å². The molecule has 1 atom stereocenters. The SMILES string of the molecule is Cc1cc(C)cc(C(C)N2CC(C)(OCC(=O)O)C2)c1. The van der Waals surface area contributed by atoms with E-state index in [2.05, 4.69) is 43.9 Å². The van der Waals surface area contributed by atoms with E-state index in [0.717, 1.165) is 13.1 Å². The van der Waals surface area contributed by atoms with E-state index in [1.807, 2.05) is 6.92 Å². The second-order valence-electron chi connectivity index (χ2n) is 6.13. The summed E-state index contributed by atoms with van der Waals surface area (Å²) in [5.41, 5.74) is 3.53. The molecule has 1 saturated heterocycles. The summed E-state index contributed by atoms with van der Waals surface area (Å²) in [5.74, 6) is -0.910. The van der Waals surface area contributed by atoms with E-state index < -0.39 is 5.97 Å². The molecule has 110 valence electrons. The van der Waals surface area contributed by atoms with Crippen LogP contribution in [0.2, 0.25) is 0 Å². The lowest BCUT2D eigenvalue weighted by Crippen LogP contribution is -2.62. The van der Waals surface area contributed by atoms with Crippen LogP contribution in [0.4, 0.5) is 0 Å². The van der Waals surface area contributed by atoms with Crippen molar-refractivity contribution in [2.45, 2.75) is 39.3 Å². The highest BCUT2D eigenvalue weighted by molar-refractivity contribution is 5.68. The summed E-state index contributed by atoms with van der Waals surface area (Å²) in [6.07, 6.45) is 0. The van der Waals surface area contributed by atoms with E-state index in [1.165, 1.54) is 16.7 Å². The van der Waals surface area contributed by atoms with Crippen LogP contribution in [0.3, 0.4) is 0 Å². The summed E-state index contributed by atoms with van der Waals surface area (Å²) in [6.45, 7) is 9.70. The number of aryl methyl sites for hydroxylation is 2. The molecule has 0 bridgehead atoms. The van der Waals surface area contributed by atoms with Crippen LogP contribution in [0.25, 0.3) is 0 Å². The van der Waals surface area contributed by atoms with Gasteiger partial charge in [-0.05, 0) is 33.3 Å². The van der Waals surface area contributed by atoms with Crippen LogP contribution in [0, 0.1) is 13.8 Å². The topological polar surface area (TPSA) is 49.8 Å². The molecule has 0 aromatic heterocycles. The zero-order chi connectivity index (χ0) is 14.9. The first-order valence-electron chi connectivity index (χ1n) is 6.97. The van der Waals surface area contributed by atoms with Gasteiger partial charge in [-0.1, -0.05) is 29.3 Å². The van der Waals surface area contributed by atoms with Crippen molar-refractivity contribution in [1.82, 2.24) is 4.90 Å². The first-order chi connectivity index (χ1) is 9.29. The highest BCUT2D eigenvalue weighted by atomic mass is 16.5. The number of hydrogen-bond acceptors (Lipinski definition) is 3. The van der Waals surface area contributed by atoms with E-state index in [1.54, 1.807) is 0 Å². The number of carboxylic acid groups (broad SMARTS) is 1. The molecule has 0 saturated carbocycles. The van der Waals surface area contributed by atoms with Gasteiger partial charge in [0.15, 0.2) is 0 Å². The maximum Gasteiger partial charge on any atom is 0.329 e. The number of hydrogen-bond donors (Lipinski definition) is 1. The van der Waals surface area contributed by atoms with Crippen molar-refractivity contribution in [3.63, 3.8) is 0 Å². The van der Waals surface area contributed by atoms with Gasteiger partial charge in [0.2, 0.25) is 0 Å². The van der Waals surface area contributed by atoms with E-state index in [-0.39, 0.29) is 12.2 Å². The molecular formula is C16H23NO3. The minimum atomic E-state index is -0.910. The molecule has 1 aliphatic heterocycles. The zero-order valence-corrected chi connectivity index (χ0v) is 12.6. The van der Waals surface area contributed by atoms with Gasteiger partial charge in [-0.25, -0.2) is 4.79 Å². The Bertz CT molecular complexity index is 486. The average molecular weight is 277 g/mol. The fourth-order valence-electron chi connectivity index (χ4n) is 2.88. The second kappa shape index (κ2) is 5.54. The number of benzene rings is 1. The molecule has 1 unspecified atom stereocenters. The van der Waals surface area contributed by atoms with Crippen LogP contribution in [-0.4, -0.2) is 41.3 Å². The predicted octanol–water partition coefficient (Wildman–Crippen LogP) is 2.54. The number of aliphatic carboxylic acids is 1. The first-order valence-corrected chi connectivity index (χ1v) is 6.97. The third-order valence-electron chi connectivity index (χ3n) is 3.89. The number of carboxylic acids is 1. The van der Waals surface area contributed by atoms with E-state index in [0.29, 0.717) is 6.04 Å². The Balaban J connectivity index is 1.96. The Kier molecular flexibility index (Phi) is 4.16. The smallest absolute Gasteiger partial charge is 0.329 e. The summed E-state index contributed by atoms with van der Waals surface area (Å²) >= 11 is 0. The van der Waals surface area contributed by atoms with Crippen LogP contribution >= 0.6 is 0 Å². The minimum absolute atomic E-state index is 0.220. The van der Waals surface area contributed by atoms with E-state index >= 15 is 0 Å². The third-order valence-corrected chi connectivity index (χ3v) is 3.89. The van der Waals surface area contributed by atoms with Crippen molar-refractivity contribution in [3.05, 3.63) is 34.9 Å². The van der Waals surface area contributed by atoms with Gasteiger partial charge in [0.1, 0.15) is 6.61 Å². The fourth-order valence-corrected chi connectivity index (χ4v) is 2.88. The molecule has 0 amide bonds. The lowest BCUT2D eigenvalue weighted by molar-refractivity contribution is -0.169. The molecule has 0 aliphatic carbocycles. The Morgan fingerprint density at radius 3 is 2.40 bits per heavy atom. The second-order valence-corrected chi connectivity index (χ2v) is 6.13. The third kappa shape index (κ3) is 3.38. The summed E-state index contributed by atoms with van der Waals surface area (Å²) < 4.78 is 5.45. The first kappa shape index (κ1) is 15.0. The zero-order valence-electron chi connectivity index (χ0n) is 12.6. The van der Waals surface area contributed by atoms with E-state index in [9.17, 15) is 4.79 Å². The van der Waals surface area contributed by atoms with Crippen molar-refractivity contribution in [3.8, 4) is 0 Å². The molecule has 1 aliphatic rings. The summed E-state index contributed by atoms with van der Waals surface area (Å²) in [7, 11) is 0. The average Bonchev–Trinajstić information content (AvgIpc) is 2.31. The summed E-state index contributed by atoms with van der Waals surface area (Å²) in [6, 6.07) is 6.93. The molecule has 1 heterocycles. The molecule has 2 rings (SSSR count). The normalized spacial score (nSPS) is 19.4. The highest BCUT2D eigenvalue weighted by Gasteiger charge is 2.42. The van der Waals surface area contributed by atoms with Gasteiger partial charge in [-0.15, -0.1) is 0 Å². The number of carbonyl (C=O) groups is 1. The van der Waals surface area contributed by atoms with Crippen LogP contribution in [0.5, 0.6) is 0 Å². The van der Waals surface area contributed by atoms with Gasteiger partial charge in [0, 0.05) is 19.1 Å².